The van der Waals surface area contributed by atoms with E-state index in [0.29, 0.717) is 0 Å². The van der Waals surface area contributed by atoms with E-state index < -0.39 is 15.0 Å². The van der Waals surface area contributed by atoms with Gasteiger partial charge in [-0.2, -0.15) is 0 Å². The third kappa shape index (κ3) is 45.1. The Morgan fingerprint density at radius 1 is 1.17 bits per heavy atom. The van der Waals surface area contributed by atoms with Crippen LogP contribution in [0, 0.1) is 41.7 Å². The molecular weight excluding hydrogens is 255 g/mol. The van der Waals surface area contributed by atoms with Crippen LogP contribution in [0.25, 0.3) is 0 Å². The first-order valence-corrected chi connectivity index (χ1v) is 3.01. The molecule has 6 heavy (non-hydrogen) atoms. The van der Waals surface area contributed by atoms with E-state index in [2.05, 4.69) is 0 Å². The summed E-state index contributed by atoms with van der Waals surface area (Å²) in [4.78, 5) is 0. The minimum atomic E-state index is -5.88. The van der Waals surface area contributed by atoms with Crippen LogP contribution in [0.1, 0.15) is 0 Å². The van der Waals surface area contributed by atoms with Gasteiger partial charge in [-0.1, -0.05) is 0 Å². The van der Waals surface area contributed by atoms with Crippen LogP contribution < -0.4 is 12.1 Å². The third-order valence-electron chi connectivity index (χ3n) is 0. The van der Waals surface area contributed by atoms with E-state index in [-0.39, 0.29) is 41.7 Å². The summed E-state index contributed by atoms with van der Waals surface area (Å²) in [5.74, 6) is 0. The van der Waals surface area contributed by atoms with E-state index in [0.717, 1.165) is 0 Å². The Morgan fingerprint density at radius 3 is 1.17 bits per heavy atom. The first-order chi connectivity index (χ1) is 2.00. The molecule has 6 heteroatoms. The summed E-state index contributed by atoms with van der Waals surface area (Å²) in [5, 5.41) is 0. The van der Waals surface area contributed by atoms with E-state index in [4.69, 9.17) is 15.8 Å². The second kappa shape index (κ2) is 3.62. The molecule has 0 aliphatic rings. The molecule has 0 unspecified atom stereocenters. The summed E-state index contributed by atoms with van der Waals surface area (Å²) in [6, 6.07) is 0. The topological polar surface area (TPSA) is 86.2 Å². The van der Waals surface area contributed by atoms with Crippen molar-refractivity contribution in [1.29, 1.82) is 0 Å². The normalized spacial score (nSPS) is 9.83. The maximum atomic E-state index is 8.61. The molecule has 0 aliphatic heterocycles. The van der Waals surface area contributed by atoms with Crippen molar-refractivity contribution in [2.45, 2.75) is 0 Å². The van der Waals surface area contributed by atoms with E-state index >= 15 is 0 Å². The molecule has 0 bridgehead atoms. The van der Waals surface area contributed by atoms with Gasteiger partial charge in [0.15, 0.2) is 0 Å². The predicted octanol–water partition coefficient (Wildman–Crippen LogP) is -3.69. The first kappa shape index (κ1) is 10.6. The van der Waals surface area contributed by atoms with Crippen molar-refractivity contribution in [2.75, 3.05) is 0 Å². The van der Waals surface area contributed by atoms with Crippen LogP contribution in [0.5, 0.6) is 0 Å². The van der Waals surface area contributed by atoms with Gasteiger partial charge in [0, 0.05) is 0 Å². The van der Waals surface area contributed by atoms with Crippen LogP contribution in [0.15, 0.2) is 0 Å². The molecule has 0 aromatic carbocycles. The number of rotatable bonds is 0. The average molecular weight is 255 g/mol. The average Bonchev–Trinajstić information content (AvgIpc) is 0.722. The molecule has 0 aliphatic carbocycles. The minimum absolute atomic E-state index is 0. The summed E-state index contributed by atoms with van der Waals surface area (Å²) in [6.07, 6.45) is 0. The van der Waals surface area contributed by atoms with Crippen molar-refractivity contribution in [3.05, 3.63) is 0 Å². The van der Waals surface area contributed by atoms with Crippen molar-refractivity contribution in [1.82, 2.24) is 0 Å². The summed E-state index contributed by atoms with van der Waals surface area (Å²) in [7, 11) is 0. The summed E-state index contributed by atoms with van der Waals surface area (Å²) in [5.41, 5.74) is 0. The Labute approximate surface area is 71.5 Å². The molecule has 33 valence electrons. The van der Waals surface area contributed by atoms with Gasteiger partial charge in [-0.15, -0.1) is 0 Å². The molecule has 0 aromatic rings. The molecular formula is CeO4V. The van der Waals surface area contributed by atoms with E-state index in [1.807, 2.05) is 0 Å². The standard InChI is InChI=1S/Ce.4O.V/q+3;;3*-1;. The fraction of sp³-hybridized carbons (Fsp3) is 0. The Bertz CT molecular complexity index is 53.7. The van der Waals surface area contributed by atoms with Crippen molar-refractivity contribution in [3.63, 3.8) is 0 Å². The van der Waals surface area contributed by atoms with Gasteiger partial charge in [-0.3, -0.25) is 0 Å². The number of hydrogen-bond donors (Lipinski definition) is 0. The quantitative estimate of drug-likeness (QED) is 0.446. The Balaban J connectivity index is 0. The molecule has 0 rings (SSSR count). The van der Waals surface area contributed by atoms with Crippen LogP contribution in [-0.4, -0.2) is 0 Å². The van der Waals surface area contributed by atoms with Gasteiger partial charge >= 0.3 is 72.5 Å². The van der Waals surface area contributed by atoms with Crippen LogP contribution >= 0.6 is 0 Å². The van der Waals surface area contributed by atoms with Gasteiger partial charge < -0.3 is 0 Å². The molecule has 0 saturated heterocycles. The monoisotopic (exact) mass is 255 g/mol. The zero-order chi connectivity index (χ0) is 4.50. The molecule has 0 spiro atoms. The van der Waals surface area contributed by atoms with Gasteiger partial charge in [0.25, 0.3) is 0 Å². The molecule has 4 nitrogen and oxygen atoms in total. The van der Waals surface area contributed by atoms with Gasteiger partial charge in [0.2, 0.25) is 0 Å². The molecule has 0 N–H and O–H groups in total. The van der Waals surface area contributed by atoms with Crippen molar-refractivity contribution < 1.29 is 72.5 Å². The van der Waals surface area contributed by atoms with Gasteiger partial charge in [-0.25, -0.2) is 0 Å². The second-order valence-corrected chi connectivity index (χ2v) is 1.84. The molecule has 0 heterocycles. The fourth-order valence-corrected chi connectivity index (χ4v) is 0. The second-order valence-electron chi connectivity index (χ2n) is 0.447. The van der Waals surface area contributed by atoms with E-state index in [9.17, 15) is 0 Å². The number of hydrogen-bond acceptors (Lipinski definition) is 4. The third-order valence-corrected chi connectivity index (χ3v) is 0. The molecule has 0 fully saturated rings. The van der Waals surface area contributed by atoms with E-state index in [1.54, 1.807) is 0 Å². The van der Waals surface area contributed by atoms with Crippen molar-refractivity contribution >= 4 is 0 Å². The zero-order valence-corrected chi connectivity index (χ0v) is 7.12. The van der Waals surface area contributed by atoms with Gasteiger partial charge in [0.1, 0.15) is 0 Å². The fourth-order valence-electron chi connectivity index (χ4n) is 0. The zero-order valence-electron chi connectivity index (χ0n) is 2.58. The maximum absolute atomic E-state index is 8.61. The Kier molecular flexibility index (Phi) is 6.39. The van der Waals surface area contributed by atoms with Crippen molar-refractivity contribution in [3.8, 4) is 0 Å². The van der Waals surface area contributed by atoms with Crippen LogP contribution in [0.4, 0.5) is 0 Å². The van der Waals surface area contributed by atoms with Crippen molar-refractivity contribution in [2.24, 2.45) is 0 Å². The predicted molar refractivity (Wildman–Crippen MR) is 0.686 cm³/mol. The molecule has 1 radical (unpaired) electrons. The molecule has 0 amide bonds. The molecule has 0 aromatic heterocycles. The van der Waals surface area contributed by atoms with Crippen LogP contribution in [0.2, 0.25) is 0 Å². The molecule has 0 saturated carbocycles. The van der Waals surface area contributed by atoms with Crippen LogP contribution in [0.3, 0.4) is 0 Å². The Morgan fingerprint density at radius 2 is 1.17 bits per heavy atom. The summed E-state index contributed by atoms with van der Waals surface area (Å²) in [6.45, 7) is 0. The summed E-state index contributed by atoms with van der Waals surface area (Å²) < 4.78 is 34.4. The first-order valence-electron chi connectivity index (χ1n) is 0.730. The van der Waals surface area contributed by atoms with Gasteiger partial charge in [0.05, 0.1) is 0 Å². The van der Waals surface area contributed by atoms with Crippen LogP contribution in [-0.2, 0) is 18.7 Å². The molecule has 0 atom stereocenters. The SMILES string of the molecule is [Ce+3].[O]=[V]([O-])([O-])[O-]. The summed E-state index contributed by atoms with van der Waals surface area (Å²) >= 11 is -5.88. The van der Waals surface area contributed by atoms with E-state index in [1.165, 1.54) is 0 Å². The van der Waals surface area contributed by atoms with Gasteiger partial charge in [-0.05, 0) is 0 Å². The Hall–Kier alpha value is 1.64.